The Labute approximate surface area is 194 Å². The number of furan rings is 1. The second-order valence-corrected chi connectivity index (χ2v) is 8.03. The van der Waals surface area contributed by atoms with Crippen molar-refractivity contribution in [1.82, 2.24) is 9.97 Å². The summed E-state index contributed by atoms with van der Waals surface area (Å²) < 4.78 is 11.9. The van der Waals surface area contributed by atoms with E-state index >= 15 is 0 Å². The van der Waals surface area contributed by atoms with Crippen LogP contribution in [0.15, 0.2) is 107 Å². The normalized spacial score (nSPS) is 10.8. The van der Waals surface area contributed by atoms with Gasteiger partial charge in [-0.2, -0.15) is 0 Å². The molecule has 0 aliphatic carbocycles. The van der Waals surface area contributed by atoms with Crippen molar-refractivity contribution in [1.29, 1.82) is 0 Å². The van der Waals surface area contributed by atoms with Crippen molar-refractivity contribution in [3.63, 3.8) is 0 Å². The first-order valence-electron chi connectivity index (χ1n) is 10.3. The molecule has 6 nitrogen and oxygen atoms in total. The van der Waals surface area contributed by atoms with Gasteiger partial charge >= 0.3 is 0 Å². The summed E-state index contributed by atoms with van der Waals surface area (Å²) in [7, 11) is 0. The van der Waals surface area contributed by atoms with Crippen LogP contribution in [0.3, 0.4) is 0 Å². The van der Waals surface area contributed by atoms with Crippen molar-refractivity contribution in [2.45, 2.75) is 10.9 Å². The molecule has 3 aromatic carbocycles. The summed E-state index contributed by atoms with van der Waals surface area (Å²) >= 11 is 1.45. The molecule has 0 aliphatic heterocycles. The third-order valence-corrected chi connectivity index (χ3v) is 5.80. The lowest BCUT2D eigenvalue weighted by Crippen LogP contribution is -2.13. The van der Waals surface area contributed by atoms with Gasteiger partial charge < -0.3 is 14.5 Å². The fraction of sp³-hybridized carbons (Fsp3) is 0.0385. The monoisotopic (exact) mass is 453 g/mol. The number of hydrogen-bond donors (Lipinski definition) is 1. The number of aromatic nitrogens is 2. The summed E-state index contributed by atoms with van der Waals surface area (Å²) in [5.74, 6) is 1.63. The molecule has 0 radical (unpaired) electrons. The third kappa shape index (κ3) is 4.73. The molecule has 0 atom stereocenters. The van der Waals surface area contributed by atoms with E-state index in [1.165, 1.54) is 11.8 Å². The Bertz CT molecular complexity index is 1390. The van der Waals surface area contributed by atoms with Gasteiger partial charge in [-0.1, -0.05) is 60.3 Å². The number of amides is 1. The van der Waals surface area contributed by atoms with Gasteiger partial charge in [0.25, 0.3) is 5.91 Å². The molecule has 5 rings (SSSR count). The van der Waals surface area contributed by atoms with Crippen LogP contribution in [0.2, 0.25) is 0 Å². The number of rotatable bonds is 7. The van der Waals surface area contributed by atoms with E-state index < -0.39 is 0 Å². The Hall–Kier alpha value is -4.10. The largest absolute Gasteiger partial charge is 0.455 e. The second kappa shape index (κ2) is 9.58. The topological polar surface area (TPSA) is 77.2 Å². The highest BCUT2D eigenvalue weighted by molar-refractivity contribution is 7.98. The van der Waals surface area contributed by atoms with Crippen LogP contribution in [0, 0.1) is 0 Å². The first kappa shape index (κ1) is 20.8. The van der Waals surface area contributed by atoms with E-state index in [-0.39, 0.29) is 11.7 Å². The van der Waals surface area contributed by atoms with E-state index in [9.17, 15) is 4.79 Å². The smallest absolute Gasteiger partial charge is 0.291 e. The molecule has 0 saturated heterocycles. The molecular formula is C26H19N3O3S. The zero-order valence-corrected chi connectivity index (χ0v) is 18.3. The Kier molecular flexibility index (Phi) is 6.04. The molecule has 162 valence electrons. The zero-order chi connectivity index (χ0) is 22.5. The lowest BCUT2D eigenvalue weighted by atomic mass is 10.1. The van der Waals surface area contributed by atoms with Gasteiger partial charge in [0, 0.05) is 29.1 Å². The van der Waals surface area contributed by atoms with Crippen molar-refractivity contribution >= 4 is 34.3 Å². The Morgan fingerprint density at radius 1 is 0.879 bits per heavy atom. The fourth-order valence-electron chi connectivity index (χ4n) is 3.38. The summed E-state index contributed by atoms with van der Waals surface area (Å²) in [6, 6.07) is 26.1. The minimum absolute atomic E-state index is 0.258. The van der Waals surface area contributed by atoms with Crippen molar-refractivity contribution < 1.29 is 13.9 Å². The highest BCUT2D eigenvalue weighted by Gasteiger charge is 2.22. The molecule has 0 saturated carbocycles. The molecule has 2 aromatic heterocycles. The van der Waals surface area contributed by atoms with Gasteiger partial charge in [0.1, 0.15) is 11.3 Å². The van der Waals surface area contributed by atoms with E-state index in [0.29, 0.717) is 33.7 Å². The van der Waals surface area contributed by atoms with Gasteiger partial charge in [-0.3, -0.25) is 4.79 Å². The molecule has 1 amide bonds. The van der Waals surface area contributed by atoms with E-state index in [2.05, 4.69) is 15.3 Å². The molecular weight excluding hydrogens is 434 g/mol. The van der Waals surface area contributed by atoms with Gasteiger partial charge in [0.15, 0.2) is 16.7 Å². The number of nitrogens with one attached hydrogen (secondary N) is 1. The van der Waals surface area contributed by atoms with Crippen LogP contribution in [0.5, 0.6) is 11.5 Å². The van der Waals surface area contributed by atoms with Gasteiger partial charge in [-0.25, -0.2) is 9.97 Å². The number of fused-ring (bicyclic) bond motifs is 1. The minimum atomic E-state index is -0.347. The number of para-hydroxylation sites is 4. The van der Waals surface area contributed by atoms with Crippen LogP contribution in [0.25, 0.3) is 11.0 Å². The molecule has 5 aromatic rings. The second-order valence-electron chi connectivity index (χ2n) is 7.09. The highest BCUT2D eigenvalue weighted by Crippen LogP contribution is 2.33. The maximum Gasteiger partial charge on any atom is 0.291 e. The summed E-state index contributed by atoms with van der Waals surface area (Å²) in [4.78, 5) is 21.8. The average molecular weight is 454 g/mol. The van der Waals surface area contributed by atoms with Crippen LogP contribution >= 0.6 is 11.8 Å². The van der Waals surface area contributed by atoms with Crippen LogP contribution in [-0.2, 0) is 5.75 Å². The summed E-state index contributed by atoms with van der Waals surface area (Å²) in [5, 5.41) is 4.47. The standard InChI is InChI=1S/C26H19N3O3S/c30-25(29-21-12-5-7-14-23(21)31-18-9-2-1-3-10-18)24-20(17-33-26-27-15-8-16-28-26)19-11-4-6-13-22(19)32-24/h1-16H,17H2,(H,29,30). The quantitative estimate of drug-likeness (QED) is 0.222. The van der Waals surface area contributed by atoms with Crippen LogP contribution < -0.4 is 10.1 Å². The van der Waals surface area contributed by atoms with Gasteiger partial charge in [-0.05, 0) is 36.4 Å². The molecule has 0 bridgehead atoms. The molecule has 0 aliphatic rings. The molecule has 0 fully saturated rings. The number of anilines is 1. The van der Waals surface area contributed by atoms with Crippen molar-refractivity contribution in [2.24, 2.45) is 0 Å². The van der Waals surface area contributed by atoms with Gasteiger partial charge in [-0.15, -0.1) is 0 Å². The lowest BCUT2D eigenvalue weighted by molar-refractivity contribution is 0.0997. The number of ether oxygens (including phenoxy) is 1. The number of carbonyl (C=O) groups is 1. The number of hydrogen-bond acceptors (Lipinski definition) is 6. The molecule has 1 N–H and O–H groups in total. The van der Waals surface area contributed by atoms with Gasteiger partial charge in [0.05, 0.1) is 5.69 Å². The van der Waals surface area contributed by atoms with Crippen LogP contribution in [0.1, 0.15) is 16.1 Å². The maximum absolute atomic E-state index is 13.3. The maximum atomic E-state index is 13.3. The van der Waals surface area contributed by atoms with E-state index in [4.69, 9.17) is 9.15 Å². The number of benzene rings is 3. The predicted octanol–water partition coefficient (Wildman–Crippen LogP) is 6.56. The molecule has 2 heterocycles. The summed E-state index contributed by atoms with van der Waals surface area (Å²) in [6.45, 7) is 0. The van der Waals surface area contributed by atoms with Gasteiger partial charge in [0.2, 0.25) is 0 Å². The fourth-order valence-corrected chi connectivity index (χ4v) is 4.21. The lowest BCUT2D eigenvalue weighted by Gasteiger charge is -2.12. The third-order valence-electron chi connectivity index (χ3n) is 4.90. The first-order chi connectivity index (χ1) is 16.3. The van der Waals surface area contributed by atoms with E-state index in [1.54, 1.807) is 24.5 Å². The SMILES string of the molecule is O=C(Nc1ccccc1Oc1ccccc1)c1oc2ccccc2c1CSc1ncccn1. The average Bonchev–Trinajstić information content (AvgIpc) is 3.24. The first-order valence-corrected chi connectivity index (χ1v) is 11.3. The van der Waals surface area contributed by atoms with Crippen molar-refractivity contribution in [3.8, 4) is 11.5 Å². The molecule has 0 unspecified atom stereocenters. The van der Waals surface area contributed by atoms with Crippen molar-refractivity contribution in [2.75, 3.05) is 5.32 Å². The predicted molar refractivity (Wildman–Crippen MR) is 129 cm³/mol. The molecule has 0 spiro atoms. The van der Waals surface area contributed by atoms with E-state index in [0.717, 1.165) is 10.9 Å². The van der Waals surface area contributed by atoms with E-state index in [1.807, 2.05) is 72.8 Å². The Morgan fingerprint density at radius 2 is 1.61 bits per heavy atom. The zero-order valence-electron chi connectivity index (χ0n) is 17.5. The van der Waals surface area contributed by atoms with Crippen LogP contribution in [0.4, 0.5) is 5.69 Å². The summed E-state index contributed by atoms with van der Waals surface area (Å²) in [6.07, 6.45) is 3.39. The Morgan fingerprint density at radius 3 is 2.45 bits per heavy atom. The van der Waals surface area contributed by atoms with Crippen molar-refractivity contribution in [3.05, 3.63) is 109 Å². The van der Waals surface area contributed by atoms with Crippen LogP contribution in [-0.4, -0.2) is 15.9 Å². The minimum Gasteiger partial charge on any atom is -0.455 e. The Balaban J connectivity index is 1.43. The highest BCUT2D eigenvalue weighted by atomic mass is 32.2. The summed E-state index contributed by atoms with van der Waals surface area (Å²) in [5.41, 5.74) is 2.00. The molecule has 7 heteroatoms. The number of carbonyl (C=O) groups excluding carboxylic acids is 1. The number of nitrogens with zero attached hydrogens (tertiary/aromatic N) is 2. The number of thioether (sulfide) groups is 1. The molecule has 33 heavy (non-hydrogen) atoms.